The molecule has 0 radical (unpaired) electrons. The molecular formula is C31H27F5N6O2. The Morgan fingerprint density at radius 3 is 2.55 bits per heavy atom. The number of fused-ring (bicyclic) bond motifs is 4. The second-order valence-corrected chi connectivity index (χ2v) is 11.7. The van der Waals surface area contributed by atoms with Crippen LogP contribution in [0.3, 0.4) is 0 Å². The van der Waals surface area contributed by atoms with E-state index in [0.29, 0.717) is 24.3 Å². The third-order valence-electron chi connectivity index (χ3n) is 8.93. The van der Waals surface area contributed by atoms with Crippen LogP contribution in [0, 0.1) is 29.9 Å². The maximum atomic E-state index is 16.6. The van der Waals surface area contributed by atoms with Crippen molar-refractivity contribution in [2.24, 2.45) is 5.92 Å². The molecule has 2 aromatic heterocycles. The molecule has 0 spiro atoms. The lowest BCUT2D eigenvalue weighted by Gasteiger charge is -2.46. The van der Waals surface area contributed by atoms with Gasteiger partial charge in [-0.3, -0.25) is 9.88 Å². The minimum atomic E-state index is -4.39. The molecule has 2 unspecified atom stereocenters. The highest BCUT2D eigenvalue weighted by atomic mass is 19.4. The molecule has 5 heterocycles. The molecule has 2 N–H and O–H groups in total. The molecule has 3 saturated heterocycles. The van der Waals surface area contributed by atoms with Gasteiger partial charge in [0.05, 0.1) is 22.9 Å². The molecule has 228 valence electrons. The summed E-state index contributed by atoms with van der Waals surface area (Å²) in [6.07, 6.45) is 4.57. The van der Waals surface area contributed by atoms with Crippen LogP contribution in [0.1, 0.15) is 18.4 Å². The van der Waals surface area contributed by atoms with Gasteiger partial charge in [0.2, 0.25) is 0 Å². The van der Waals surface area contributed by atoms with Crippen LogP contribution in [0.4, 0.5) is 27.8 Å². The number of pyridine rings is 1. The SMILES string of the molecule is C#Cc1c(F)ccc2cc(O)cc(-c3ncc4c(N5CC6CCC(C5)N6)nc(OC[C@@H]5[C@H](C(F)(F)F)CN5C)nc4c3F)c12. The summed E-state index contributed by atoms with van der Waals surface area (Å²) in [6, 6.07) is 4.40. The van der Waals surface area contributed by atoms with Crippen LogP contribution in [-0.2, 0) is 0 Å². The first kappa shape index (κ1) is 28.5. The van der Waals surface area contributed by atoms with Crippen molar-refractivity contribution in [2.45, 2.75) is 37.1 Å². The number of halogens is 5. The first-order valence-electron chi connectivity index (χ1n) is 14.2. The molecule has 0 amide bonds. The molecule has 8 nitrogen and oxygen atoms in total. The average molecular weight is 611 g/mol. The molecule has 13 heteroatoms. The summed E-state index contributed by atoms with van der Waals surface area (Å²) in [5.41, 5.74) is -0.483. The van der Waals surface area contributed by atoms with Crippen molar-refractivity contribution in [1.82, 2.24) is 25.2 Å². The Hall–Kier alpha value is -4.28. The minimum absolute atomic E-state index is 0.0545. The lowest BCUT2D eigenvalue weighted by molar-refractivity contribution is -0.230. The predicted octanol–water partition coefficient (Wildman–Crippen LogP) is 4.62. The van der Waals surface area contributed by atoms with E-state index in [1.165, 1.54) is 29.3 Å². The zero-order valence-corrected chi connectivity index (χ0v) is 23.5. The van der Waals surface area contributed by atoms with Crippen molar-refractivity contribution in [3.8, 4) is 35.4 Å². The average Bonchev–Trinajstić information content (AvgIpc) is 3.32. The zero-order chi connectivity index (χ0) is 30.9. The number of ether oxygens (including phenoxy) is 1. The number of hydrogen-bond donors (Lipinski definition) is 2. The Kier molecular flexibility index (Phi) is 6.75. The van der Waals surface area contributed by atoms with E-state index < -0.39 is 29.8 Å². The molecule has 3 aliphatic heterocycles. The Morgan fingerprint density at radius 2 is 1.86 bits per heavy atom. The molecule has 4 aromatic rings. The van der Waals surface area contributed by atoms with Crippen LogP contribution in [0.5, 0.6) is 11.8 Å². The van der Waals surface area contributed by atoms with Gasteiger partial charge in [-0.2, -0.15) is 23.1 Å². The van der Waals surface area contributed by atoms with E-state index in [9.17, 15) is 22.7 Å². The van der Waals surface area contributed by atoms with Crippen molar-refractivity contribution >= 4 is 27.5 Å². The third kappa shape index (κ3) is 4.73. The number of rotatable bonds is 5. The van der Waals surface area contributed by atoms with Crippen molar-refractivity contribution in [3.63, 3.8) is 0 Å². The minimum Gasteiger partial charge on any atom is -0.508 e. The fraction of sp³-hybridized carbons (Fsp3) is 0.387. The molecule has 4 atom stereocenters. The Labute approximate surface area is 248 Å². The Morgan fingerprint density at radius 1 is 1.11 bits per heavy atom. The second kappa shape index (κ2) is 10.4. The summed E-state index contributed by atoms with van der Waals surface area (Å²) in [5, 5.41) is 14.8. The molecule has 2 bridgehead atoms. The van der Waals surface area contributed by atoms with Gasteiger partial charge in [-0.1, -0.05) is 12.0 Å². The number of hydrogen-bond acceptors (Lipinski definition) is 8. The van der Waals surface area contributed by atoms with Crippen LogP contribution in [0.15, 0.2) is 30.5 Å². The van der Waals surface area contributed by atoms with E-state index in [1.54, 1.807) is 7.05 Å². The maximum absolute atomic E-state index is 16.6. The van der Waals surface area contributed by atoms with E-state index in [2.05, 4.69) is 26.2 Å². The molecule has 0 aliphatic carbocycles. The highest BCUT2D eigenvalue weighted by Gasteiger charge is 2.53. The van der Waals surface area contributed by atoms with Crippen molar-refractivity contribution in [1.29, 1.82) is 0 Å². The van der Waals surface area contributed by atoms with Gasteiger partial charge >= 0.3 is 12.2 Å². The smallest absolute Gasteiger partial charge is 0.394 e. The third-order valence-corrected chi connectivity index (χ3v) is 8.93. The number of likely N-dealkylation sites (tertiary alicyclic amines) is 1. The summed E-state index contributed by atoms with van der Waals surface area (Å²) in [6.45, 7) is 0.663. The van der Waals surface area contributed by atoms with E-state index in [1.807, 2.05) is 4.90 Å². The highest BCUT2D eigenvalue weighted by molar-refractivity contribution is 6.03. The summed E-state index contributed by atoms with van der Waals surface area (Å²) >= 11 is 0. The lowest BCUT2D eigenvalue weighted by Crippen LogP contribution is -2.61. The first-order chi connectivity index (χ1) is 21.0. The van der Waals surface area contributed by atoms with Crippen molar-refractivity contribution in [2.75, 3.05) is 38.2 Å². The quantitative estimate of drug-likeness (QED) is 0.250. The van der Waals surface area contributed by atoms with Gasteiger partial charge in [0.15, 0.2) is 5.82 Å². The number of aromatic hydroxyl groups is 1. The number of phenols is 1. The summed E-state index contributed by atoms with van der Waals surface area (Å²) in [4.78, 5) is 16.8. The van der Waals surface area contributed by atoms with E-state index in [-0.39, 0.29) is 70.1 Å². The number of benzene rings is 2. The van der Waals surface area contributed by atoms with Crippen LogP contribution < -0.4 is 15.0 Å². The van der Waals surface area contributed by atoms with Crippen molar-refractivity contribution in [3.05, 3.63) is 47.7 Å². The van der Waals surface area contributed by atoms with Crippen LogP contribution in [0.25, 0.3) is 32.9 Å². The monoisotopic (exact) mass is 610 g/mol. The number of nitrogens with one attached hydrogen (secondary N) is 1. The van der Waals surface area contributed by atoms with Gasteiger partial charge in [-0.25, -0.2) is 8.78 Å². The van der Waals surface area contributed by atoms with Gasteiger partial charge in [-0.05, 0) is 43.5 Å². The first-order valence-corrected chi connectivity index (χ1v) is 14.2. The van der Waals surface area contributed by atoms with Gasteiger partial charge in [0.1, 0.15) is 35.2 Å². The second-order valence-electron chi connectivity index (χ2n) is 11.7. The van der Waals surface area contributed by atoms with E-state index in [4.69, 9.17) is 11.2 Å². The zero-order valence-electron chi connectivity index (χ0n) is 23.5. The number of terminal acetylenes is 1. The number of piperazine rings is 1. The van der Waals surface area contributed by atoms with Crippen LogP contribution >= 0.6 is 0 Å². The topological polar surface area (TPSA) is 86.6 Å². The summed E-state index contributed by atoms with van der Waals surface area (Å²) in [5.74, 6) is -0.709. The molecule has 3 aliphatic rings. The fourth-order valence-corrected chi connectivity index (χ4v) is 6.70. The maximum Gasteiger partial charge on any atom is 0.394 e. The number of anilines is 1. The largest absolute Gasteiger partial charge is 0.508 e. The predicted molar refractivity (Wildman–Crippen MR) is 153 cm³/mol. The number of alkyl halides is 3. The molecule has 7 rings (SSSR count). The fourth-order valence-electron chi connectivity index (χ4n) is 6.70. The van der Waals surface area contributed by atoms with Crippen LogP contribution in [-0.4, -0.2) is 82.5 Å². The van der Waals surface area contributed by atoms with E-state index >= 15 is 4.39 Å². The highest BCUT2D eigenvalue weighted by Crippen LogP contribution is 2.40. The number of phenolic OH excluding ortho intramolecular Hbond substituents is 1. The van der Waals surface area contributed by atoms with Crippen LogP contribution in [0.2, 0.25) is 0 Å². The Bertz CT molecular complexity index is 1830. The molecule has 2 aromatic carbocycles. The molecular weight excluding hydrogens is 583 g/mol. The van der Waals surface area contributed by atoms with Gasteiger partial charge in [-0.15, -0.1) is 6.42 Å². The lowest BCUT2D eigenvalue weighted by atomic mass is 9.89. The standard InChI is InChI=1S/C31H27F5N6O2/c1-3-19-23(32)7-4-15-8-18(43)9-20(25(15)19)27-26(33)28-21(10-37-27)29(42-11-16-5-6-17(12-42)38-16)40-30(39-28)44-14-24-22(13-41(24)2)31(34,35)36/h1,4,7-10,16-17,22,24,38,43H,5-6,11-14H2,2H3/t16?,17?,22-,24-/m1/s1. The Balaban J connectivity index is 1.36. The molecule has 44 heavy (non-hydrogen) atoms. The summed E-state index contributed by atoms with van der Waals surface area (Å²) in [7, 11) is 1.57. The van der Waals surface area contributed by atoms with Gasteiger partial charge in [0, 0.05) is 48.9 Å². The van der Waals surface area contributed by atoms with Gasteiger partial charge in [0.25, 0.3) is 0 Å². The number of nitrogens with zero attached hydrogens (tertiary/aromatic N) is 5. The number of likely N-dealkylation sites (N-methyl/N-ethyl adjacent to an activating group) is 1. The molecule has 0 saturated carbocycles. The van der Waals surface area contributed by atoms with Crippen molar-refractivity contribution < 1.29 is 31.8 Å². The summed E-state index contributed by atoms with van der Waals surface area (Å²) < 4.78 is 77.5. The molecule has 3 fully saturated rings. The number of aromatic nitrogens is 3. The van der Waals surface area contributed by atoms with E-state index in [0.717, 1.165) is 18.9 Å². The normalized spacial score (nSPS) is 23.6. The van der Waals surface area contributed by atoms with Gasteiger partial charge < -0.3 is 20.1 Å².